The molecule has 2 aromatic carbocycles. The zero-order valence-electron chi connectivity index (χ0n) is 14.3. The number of aromatic amines is 1. The number of nitrogens with one attached hydrogen (secondary N) is 2. The number of aliphatic hydroxyl groups is 1. The molecule has 6 heteroatoms. The molecule has 0 saturated carbocycles. The number of nitrogens with zero attached hydrogens (tertiary/aromatic N) is 1. The summed E-state index contributed by atoms with van der Waals surface area (Å²) in [6.07, 6.45) is 1.61. The lowest BCUT2D eigenvalue weighted by atomic mass is 10.0. The van der Waals surface area contributed by atoms with Crippen LogP contribution in [0, 0.1) is 5.82 Å². The molecule has 0 unspecified atom stereocenters. The summed E-state index contributed by atoms with van der Waals surface area (Å²) in [5.74, 6) is 0.437. The largest absolute Gasteiger partial charge is 0.497 e. The quantitative estimate of drug-likeness (QED) is 0.617. The number of rotatable bonds is 7. The van der Waals surface area contributed by atoms with E-state index in [1.807, 2.05) is 24.3 Å². The van der Waals surface area contributed by atoms with Crippen LogP contribution in [0.2, 0.25) is 0 Å². The van der Waals surface area contributed by atoms with E-state index in [0.717, 1.165) is 17.6 Å². The molecule has 0 bridgehead atoms. The highest BCUT2D eigenvalue weighted by atomic mass is 19.1. The summed E-state index contributed by atoms with van der Waals surface area (Å²) in [5, 5.41) is 21.1. The van der Waals surface area contributed by atoms with Crippen molar-refractivity contribution in [3.05, 3.63) is 59.5 Å². The van der Waals surface area contributed by atoms with Crippen molar-refractivity contribution in [1.82, 2.24) is 15.5 Å². The maximum absolute atomic E-state index is 13.7. The van der Waals surface area contributed by atoms with E-state index in [0.29, 0.717) is 17.6 Å². The van der Waals surface area contributed by atoms with Crippen molar-refractivity contribution < 1.29 is 14.2 Å². The second-order valence-electron chi connectivity index (χ2n) is 6.20. The number of aromatic nitrogens is 2. The molecule has 1 aromatic heterocycles. The standard InChI is InChI=1S/C19H22FN3O2/c1-12(7-13-3-5-15(25-2)6-4-13)21-11-19(24)16-8-14(20)9-18-17(16)10-22-23-18/h3-6,8-10,12,19,21,24H,7,11H2,1-2H3,(H,22,23)/t12-,19+/m1/s1. The first-order valence-corrected chi connectivity index (χ1v) is 8.23. The molecule has 0 saturated heterocycles. The first-order chi connectivity index (χ1) is 12.1. The third-order valence-corrected chi connectivity index (χ3v) is 4.28. The average molecular weight is 343 g/mol. The Hall–Kier alpha value is -2.44. The van der Waals surface area contributed by atoms with Gasteiger partial charge in [0.1, 0.15) is 11.6 Å². The van der Waals surface area contributed by atoms with Gasteiger partial charge in [-0.15, -0.1) is 0 Å². The number of H-pyrrole nitrogens is 1. The highest BCUT2D eigenvalue weighted by Gasteiger charge is 2.15. The molecule has 2 atom stereocenters. The van der Waals surface area contributed by atoms with Crippen molar-refractivity contribution in [2.75, 3.05) is 13.7 Å². The van der Waals surface area contributed by atoms with Gasteiger partial charge >= 0.3 is 0 Å². The molecular weight excluding hydrogens is 321 g/mol. The fourth-order valence-electron chi connectivity index (χ4n) is 2.93. The first-order valence-electron chi connectivity index (χ1n) is 8.23. The minimum Gasteiger partial charge on any atom is -0.497 e. The van der Waals surface area contributed by atoms with Gasteiger partial charge in [-0.2, -0.15) is 5.10 Å². The zero-order chi connectivity index (χ0) is 17.8. The smallest absolute Gasteiger partial charge is 0.125 e. The molecular formula is C19H22FN3O2. The van der Waals surface area contributed by atoms with Crippen LogP contribution < -0.4 is 10.1 Å². The SMILES string of the molecule is COc1ccc(C[C@@H](C)NC[C@H](O)c2cc(F)cc3[nH]ncc23)cc1. The lowest BCUT2D eigenvalue weighted by Crippen LogP contribution is -2.32. The van der Waals surface area contributed by atoms with E-state index in [1.165, 1.54) is 17.7 Å². The summed E-state index contributed by atoms with van der Waals surface area (Å²) < 4.78 is 18.8. The fourth-order valence-corrected chi connectivity index (χ4v) is 2.93. The van der Waals surface area contributed by atoms with E-state index in [2.05, 4.69) is 22.4 Å². The summed E-state index contributed by atoms with van der Waals surface area (Å²) in [6, 6.07) is 10.8. The van der Waals surface area contributed by atoms with Crippen molar-refractivity contribution in [2.24, 2.45) is 0 Å². The Balaban J connectivity index is 1.60. The lowest BCUT2D eigenvalue weighted by Gasteiger charge is -2.18. The molecule has 3 rings (SSSR count). The first kappa shape index (κ1) is 17.4. The van der Waals surface area contributed by atoms with E-state index in [-0.39, 0.29) is 6.04 Å². The van der Waals surface area contributed by atoms with Crippen molar-refractivity contribution in [3.63, 3.8) is 0 Å². The Morgan fingerprint density at radius 3 is 2.76 bits per heavy atom. The Morgan fingerprint density at radius 2 is 2.04 bits per heavy atom. The van der Waals surface area contributed by atoms with Gasteiger partial charge in [0.05, 0.1) is 24.9 Å². The normalized spacial score (nSPS) is 13.8. The van der Waals surface area contributed by atoms with Gasteiger partial charge in [-0.05, 0) is 48.7 Å². The van der Waals surface area contributed by atoms with Crippen LogP contribution in [0.1, 0.15) is 24.2 Å². The highest BCUT2D eigenvalue weighted by Crippen LogP contribution is 2.24. The molecule has 0 aliphatic rings. The molecule has 0 aliphatic carbocycles. The van der Waals surface area contributed by atoms with E-state index < -0.39 is 11.9 Å². The molecule has 132 valence electrons. The van der Waals surface area contributed by atoms with Gasteiger partial charge in [-0.3, -0.25) is 5.10 Å². The number of hydrogen-bond acceptors (Lipinski definition) is 4. The van der Waals surface area contributed by atoms with Gasteiger partial charge in [-0.25, -0.2) is 4.39 Å². The molecule has 25 heavy (non-hydrogen) atoms. The molecule has 0 aliphatic heterocycles. The predicted octanol–water partition coefficient (Wildman–Crippen LogP) is 2.96. The van der Waals surface area contributed by atoms with Gasteiger partial charge < -0.3 is 15.2 Å². The second kappa shape index (κ2) is 7.63. The third-order valence-electron chi connectivity index (χ3n) is 4.28. The minimum absolute atomic E-state index is 0.163. The molecule has 0 fully saturated rings. The van der Waals surface area contributed by atoms with E-state index in [4.69, 9.17) is 4.74 Å². The van der Waals surface area contributed by atoms with Crippen LogP contribution in [-0.2, 0) is 6.42 Å². The van der Waals surface area contributed by atoms with Crippen molar-refractivity contribution >= 4 is 10.9 Å². The number of methoxy groups -OCH3 is 1. The number of halogens is 1. The average Bonchev–Trinajstić information content (AvgIpc) is 3.07. The van der Waals surface area contributed by atoms with Crippen LogP contribution in [-0.4, -0.2) is 35.0 Å². The summed E-state index contributed by atoms with van der Waals surface area (Å²) in [6.45, 7) is 2.39. The molecule has 1 heterocycles. The van der Waals surface area contributed by atoms with Crippen molar-refractivity contribution in [2.45, 2.75) is 25.5 Å². The van der Waals surface area contributed by atoms with E-state index >= 15 is 0 Å². The second-order valence-corrected chi connectivity index (χ2v) is 6.20. The molecule has 0 radical (unpaired) electrons. The molecule has 3 aromatic rings. The number of aliphatic hydroxyl groups excluding tert-OH is 1. The maximum Gasteiger partial charge on any atom is 0.125 e. The van der Waals surface area contributed by atoms with Gasteiger partial charge in [0.2, 0.25) is 0 Å². The van der Waals surface area contributed by atoms with Crippen molar-refractivity contribution in [1.29, 1.82) is 0 Å². The van der Waals surface area contributed by atoms with Crippen LogP contribution in [0.5, 0.6) is 5.75 Å². The van der Waals surface area contributed by atoms with E-state index in [9.17, 15) is 9.50 Å². The summed E-state index contributed by atoms with van der Waals surface area (Å²) in [4.78, 5) is 0. The highest BCUT2D eigenvalue weighted by molar-refractivity contribution is 5.82. The van der Waals surface area contributed by atoms with Crippen LogP contribution in [0.15, 0.2) is 42.6 Å². The molecule has 0 amide bonds. The zero-order valence-corrected chi connectivity index (χ0v) is 14.3. The minimum atomic E-state index is -0.811. The summed E-state index contributed by atoms with van der Waals surface area (Å²) in [5.41, 5.74) is 2.30. The van der Waals surface area contributed by atoms with E-state index in [1.54, 1.807) is 13.3 Å². The Kier molecular flexibility index (Phi) is 5.31. The third kappa shape index (κ3) is 4.15. The Bertz CT molecular complexity index is 832. The van der Waals surface area contributed by atoms with Gasteiger partial charge in [0.15, 0.2) is 0 Å². The predicted molar refractivity (Wildman–Crippen MR) is 95.2 cm³/mol. The summed E-state index contributed by atoms with van der Waals surface area (Å²) in [7, 11) is 1.64. The van der Waals surface area contributed by atoms with Crippen LogP contribution in [0.3, 0.4) is 0 Å². The van der Waals surface area contributed by atoms with Gasteiger partial charge in [0, 0.05) is 18.0 Å². The molecule has 3 N–H and O–H groups in total. The lowest BCUT2D eigenvalue weighted by molar-refractivity contribution is 0.171. The number of ether oxygens (including phenoxy) is 1. The van der Waals surface area contributed by atoms with Crippen LogP contribution in [0.25, 0.3) is 10.9 Å². The topological polar surface area (TPSA) is 70.2 Å². The number of benzene rings is 2. The Morgan fingerprint density at radius 1 is 1.28 bits per heavy atom. The maximum atomic E-state index is 13.7. The number of hydrogen-bond donors (Lipinski definition) is 3. The fraction of sp³-hybridized carbons (Fsp3) is 0.316. The van der Waals surface area contributed by atoms with Crippen LogP contribution >= 0.6 is 0 Å². The Labute approximate surface area is 145 Å². The van der Waals surface area contributed by atoms with Gasteiger partial charge in [-0.1, -0.05) is 12.1 Å². The van der Waals surface area contributed by atoms with Crippen LogP contribution in [0.4, 0.5) is 4.39 Å². The molecule has 5 nitrogen and oxygen atoms in total. The van der Waals surface area contributed by atoms with Crippen molar-refractivity contribution in [3.8, 4) is 5.75 Å². The van der Waals surface area contributed by atoms with Gasteiger partial charge in [0.25, 0.3) is 0 Å². The number of fused-ring (bicyclic) bond motifs is 1. The molecule has 0 spiro atoms. The monoisotopic (exact) mass is 343 g/mol. The summed E-state index contributed by atoms with van der Waals surface area (Å²) >= 11 is 0.